The van der Waals surface area contributed by atoms with E-state index in [0.717, 1.165) is 38.3 Å². The standard InChI is InChI=1S/C13H23NO2/c1-10-4-2-3-5-13(10)14(6-11-8-15-11)7-12-9-16-12/h10-13H,2-9H2,1H3. The summed E-state index contributed by atoms with van der Waals surface area (Å²) >= 11 is 0. The monoisotopic (exact) mass is 225 g/mol. The molecule has 3 heteroatoms. The molecule has 4 atom stereocenters. The van der Waals surface area contributed by atoms with Crippen LogP contribution in [0.15, 0.2) is 0 Å². The smallest absolute Gasteiger partial charge is 0.0936 e. The molecule has 0 N–H and O–H groups in total. The van der Waals surface area contributed by atoms with E-state index in [4.69, 9.17) is 9.47 Å². The highest BCUT2D eigenvalue weighted by Gasteiger charge is 2.36. The van der Waals surface area contributed by atoms with Crippen molar-refractivity contribution in [2.75, 3.05) is 26.3 Å². The SMILES string of the molecule is CC1CCCCC1N(CC1CO1)CC1CO1. The van der Waals surface area contributed by atoms with Crippen LogP contribution in [0.1, 0.15) is 32.6 Å². The number of nitrogens with zero attached hydrogens (tertiary/aromatic N) is 1. The van der Waals surface area contributed by atoms with Gasteiger partial charge in [-0.05, 0) is 18.8 Å². The van der Waals surface area contributed by atoms with Crippen LogP contribution in [0.3, 0.4) is 0 Å². The van der Waals surface area contributed by atoms with Crippen molar-refractivity contribution in [3.63, 3.8) is 0 Å². The summed E-state index contributed by atoms with van der Waals surface area (Å²) in [7, 11) is 0. The van der Waals surface area contributed by atoms with E-state index in [0.29, 0.717) is 12.2 Å². The molecule has 3 rings (SSSR count). The zero-order valence-corrected chi connectivity index (χ0v) is 10.2. The third kappa shape index (κ3) is 2.76. The zero-order chi connectivity index (χ0) is 11.0. The summed E-state index contributed by atoms with van der Waals surface area (Å²) in [6.07, 6.45) is 6.65. The van der Waals surface area contributed by atoms with E-state index in [2.05, 4.69) is 11.8 Å². The summed E-state index contributed by atoms with van der Waals surface area (Å²) in [6, 6.07) is 0.780. The molecule has 0 radical (unpaired) electrons. The molecule has 0 aromatic rings. The summed E-state index contributed by atoms with van der Waals surface area (Å²) < 4.78 is 10.8. The second-order valence-corrected chi connectivity index (χ2v) is 5.69. The van der Waals surface area contributed by atoms with Crippen LogP contribution in [0.2, 0.25) is 0 Å². The van der Waals surface area contributed by atoms with E-state index in [1.165, 1.54) is 25.7 Å². The Morgan fingerprint density at radius 2 is 1.56 bits per heavy atom. The van der Waals surface area contributed by atoms with Gasteiger partial charge < -0.3 is 9.47 Å². The number of rotatable bonds is 5. The maximum absolute atomic E-state index is 5.38. The molecule has 0 aromatic heterocycles. The molecule has 4 unspecified atom stereocenters. The number of hydrogen-bond acceptors (Lipinski definition) is 3. The van der Waals surface area contributed by atoms with Crippen molar-refractivity contribution in [2.24, 2.45) is 5.92 Å². The third-order valence-corrected chi connectivity index (χ3v) is 4.22. The van der Waals surface area contributed by atoms with Gasteiger partial charge in [0.2, 0.25) is 0 Å². The molecule has 92 valence electrons. The molecular weight excluding hydrogens is 202 g/mol. The highest BCUT2D eigenvalue weighted by molar-refractivity contribution is 4.88. The normalized spacial score (nSPS) is 42.4. The lowest BCUT2D eigenvalue weighted by Gasteiger charge is -2.38. The zero-order valence-electron chi connectivity index (χ0n) is 10.2. The quantitative estimate of drug-likeness (QED) is 0.666. The van der Waals surface area contributed by atoms with E-state index < -0.39 is 0 Å². The molecule has 1 aliphatic carbocycles. The lowest BCUT2D eigenvalue weighted by Crippen LogP contribution is -2.45. The van der Waals surface area contributed by atoms with Crippen molar-refractivity contribution in [1.29, 1.82) is 0 Å². The van der Waals surface area contributed by atoms with Gasteiger partial charge in [-0.25, -0.2) is 0 Å². The van der Waals surface area contributed by atoms with Gasteiger partial charge in [0.15, 0.2) is 0 Å². The minimum Gasteiger partial charge on any atom is -0.372 e. The van der Waals surface area contributed by atoms with Crippen LogP contribution in [0.4, 0.5) is 0 Å². The molecule has 0 bridgehead atoms. The molecule has 3 fully saturated rings. The Bertz CT molecular complexity index is 224. The average molecular weight is 225 g/mol. The minimum absolute atomic E-state index is 0.521. The first-order valence-electron chi connectivity index (χ1n) is 6.80. The van der Waals surface area contributed by atoms with Gasteiger partial charge in [0, 0.05) is 19.1 Å². The van der Waals surface area contributed by atoms with Crippen molar-refractivity contribution in [1.82, 2.24) is 4.90 Å². The second-order valence-electron chi connectivity index (χ2n) is 5.69. The molecule has 16 heavy (non-hydrogen) atoms. The van der Waals surface area contributed by atoms with Crippen molar-refractivity contribution >= 4 is 0 Å². The van der Waals surface area contributed by atoms with Crippen LogP contribution in [0.5, 0.6) is 0 Å². The van der Waals surface area contributed by atoms with Crippen molar-refractivity contribution in [3.05, 3.63) is 0 Å². The first-order valence-corrected chi connectivity index (χ1v) is 6.80. The molecule has 3 nitrogen and oxygen atoms in total. The van der Waals surface area contributed by atoms with E-state index in [9.17, 15) is 0 Å². The summed E-state index contributed by atoms with van der Waals surface area (Å²) in [5.41, 5.74) is 0. The van der Waals surface area contributed by atoms with Gasteiger partial charge in [0.1, 0.15) is 0 Å². The topological polar surface area (TPSA) is 28.3 Å². The Morgan fingerprint density at radius 1 is 1.00 bits per heavy atom. The summed E-state index contributed by atoms with van der Waals surface area (Å²) in [5.74, 6) is 0.853. The summed E-state index contributed by atoms with van der Waals surface area (Å²) in [5, 5.41) is 0. The highest BCUT2D eigenvalue weighted by Crippen LogP contribution is 2.30. The highest BCUT2D eigenvalue weighted by atomic mass is 16.6. The van der Waals surface area contributed by atoms with Crippen molar-refractivity contribution in [2.45, 2.75) is 50.9 Å². The molecule has 2 aliphatic heterocycles. The first-order chi connectivity index (χ1) is 7.83. The van der Waals surface area contributed by atoms with Crippen molar-refractivity contribution < 1.29 is 9.47 Å². The predicted molar refractivity (Wildman–Crippen MR) is 62.5 cm³/mol. The third-order valence-electron chi connectivity index (χ3n) is 4.22. The Morgan fingerprint density at radius 3 is 2.06 bits per heavy atom. The van der Waals surface area contributed by atoms with Crippen LogP contribution in [0, 0.1) is 5.92 Å². The molecule has 0 aromatic carbocycles. The number of ether oxygens (including phenoxy) is 2. The van der Waals surface area contributed by atoms with Gasteiger partial charge in [-0.3, -0.25) is 4.90 Å². The fourth-order valence-electron chi connectivity index (χ4n) is 3.05. The summed E-state index contributed by atoms with van der Waals surface area (Å²) in [4.78, 5) is 2.65. The Balaban J connectivity index is 1.59. The largest absolute Gasteiger partial charge is 0.372 e. The van der Waals surface area contributed by atoms with Gasteiger partial charge in [-0.2, -0.15) is 0 Å². The fourth-order valence-corrected chi connectivity index (χ4v) is 3.05. The summed E-state index contributed by atoms with van der Waals surface area (Å²) in [6.45, 7) is 6.63. The lowest BCUT2D eigenvalue weighted by molar-refractivity contribution is 0.0951. The van der Waals surface area contributed by atoms with Crippen LogP contribution in [0.25, 0.3) is 0 Å². The molecule has 2 heterocycles. The molecule has 1 saturated carbocycles. The van der Waals surface area contributed by atoms with Gasteiger partial charge in [0.25, 0.3) is 0 Å². The van der Waals surface area contributed by atoms with E-state index in [1.54, 1.807) is 0 Å². The fraction of sp³-hybridized carbons (Fsp3) is 1.00. The van der Waals surface area contributed by atoms with Gasteiger partial charge >= 0.3 is 0 Å². The van der Waals surface area contributed by atoms with Crippen LogP contribution in [-0.4, -0.2) is 49.5 Å². The number of epoxide rings is 2. The van der Waals surface area contributed by atoms with Crippen molar-refractivity contribution in [3.8, 4) is 0 Å². The Hall–Kier alpha value is -0.120. The van der Waals surface area contributed by atoms with E-state index in [-0.39, 0.29) is 0 Å². The van der Waals surface area contributed by atoms with Gasteiger partial charge in [-0.1, -0.05) is 19.8 Å². The average Bonchev–Trinajstić information content (AvgIpc) is 3.12. The van der Waals surface area contributed by atoms with Crippen LogP contribution in [-0.2, 0) is 9.47 Å². The first kappa shape index (κ1) is 11.0. The lowest BCUT2D eigenvalue weighted by atomic mass is 9.84. The number of hydrogen-bond donors (Lipinski definition) is 0. The van der Waals surface area contributed by atoms with E-state index in [1.807, 2.05) is 0 Å². The molecular formula is C13H23NO2. The molecule has 3 aliphatic rings. The Labute approximate surface area is 98.1 Å². The maximum atomic E-state index is 5.38. The van der Waals surface area contributed by atoms with E-state index >= 15 is 0 Å². The maximum Gasteiger partial charge on any atom is 0.0936 e. The minimum atomic E-state index is 0.521. The van der Waals surface area contributed by atoms with Crippen LogP contribution < -0.4 is 0 Å². The molecule has 2 saturated heterocycles. The second kappa shape index (κ2) is 4.63. The predicted octanol–water partition coefficient (Wildman–Crippen LogP) is 1.66. The van der Waals surface area contributed by atoms with Gasteiger partial charge in [0.05, 0.1) is 25.4 Å². The van der Waals surface area contributed by atoms with Crippen LogP contribution >= 0.6 is 0 Å². The van der Waals surface area contributed by atoms with Gasteiger partial charge in [-0.15, -0.1) is 0 Å². The Kier molecular flexibility index (Phi) is 3.18. The molecule has 0 amide bonds. The molecule has 0 spiro atoms.